The molecular weight excluding hydrogens is 422 g/mol. The third kappa shape index (κ3) is 4.67. The first-order chi connectivity index (χ1) is 14.0. The van der Waals surface area contributed by atoms with Crippen LogP contribution in [0.5, 0.6) is 5.75 Å². The number of ether oxygens (including phenoxy) is 1. The fraction of sp³-hybridized carbons (Fsp3) is 0.318. The van der Waals surface area contributed by atoms with Crippen molar-refractivity contribution in [3.05, 3.63) is 75.2 Å². The van der Waals surface area contributed by atoms with E-state index in [1.54, 1.807) is 16.8 Å². The number of aromatic nitrogens is 1. The number of rotatable bonds is 5. The number of hydrogen-bond acceptors (Lipinski definition) is 3. The monoisotopic (exact) mass is 446 g/mol. The number of nitrogens with one attached hydrogen (secondary N) is 1. The molecule has 2 aliphatic rings. The lowest BCUT2D eigenvalue weighted by atomic mass is 9.78. The summed E-state index contributed by atoms with van der Waals surface area (Å²) in [5.74, 6) is 1.42. The Bertz CT molecular complexity index is 1030. The van der Waals surface area contributed by atoms with Crippen LogP contribution in [0.15, 0.2) is 59.1 Å². The first-order valence-corrected chi connectivity index (χ1v) is 11.3. The van der Waals surface area contributed by atoms with Crippen LogP contribution in [-0.4, -0.2) is 17.7 Å². The van der Waals surface area contributed by atoms with Crippen LogP contribution >= 0.6 is 30.1 Å². The number of nitrogens with zero attached hydrogens (tertiary/aromatic N) is 1. The van der Waals surface area contributed by atoms with Crippen LogP contribution in [0, 0.1) is 11.8 Å². The number of piperidine rings is 1. The molecule has 152 valence electrons. The number of allylic oxidation sites excluding steroid dienone is 3. The van der Waals surface area contributed by atoms with Gasteiger partial charge in [-0.05, 0) is 58.7 Å². The van der Waals surface area contributed by atoms with E-state index in [0.717, 1.165) is 35.7 Å². The van der Waals surface area contributed by atoms with E-state index in [1.807, 2.05) is 18.2 Å². The SMILES string of the molecule is O=c1c(Cl)c(OCc2ccc(P)cc2P)ccn1CC1=CC=CC2CNCCC12. The number of hydrogen-bond donors (Lipinski definition) is 1. The van der Waals surface area contributed by atoms with Crippen molar-refractivity contribution in [1.82, 2.24) is 9.88 Å². The first-order valence-electron chi connectivity index (χ1n) is 9.76. The summed E-state index contributed by atoms with van der Waals surface area (Å²) >= 11 is 6.37. The number of benzene rings is 1. The second-order valence-corrected chi connectivity index (χ2v) is 9.23. The van der Waals surface area contributed by atoms with Crippen molar-refractivity contribution in [2.24, 2.45) is 11.8 Å². The van der Waals surface area contributed by atoms with Crippen LogP contribution in [0.4, 0.5) is 0 Å². The predicted octanol–water partition coefficient (Wildman–Crippen LogP) is 2.80. The molecule has 0 radical (unpaired) electrons. The van der Waals surface area contributed by atoms with Crippen molar-refractivity contribution in [2.45, 2.75) is 19.6 Å². The summed E-state index contributed by atoms with van der Waals surface area (Å²) in [4.78, 5) is 12.8. The van der Waals surface area contributed by atoms with Crippen molar-refractivity contribution in [3.63, 3.8) is 0 Å². The summed E-state index contributed by atoms with van der Waals surface area (Å²) in [5, 5.41) is 5.76. The lowest BCUT2D eigenvalue weighted by Gasteiger charge is -2.34. The molecule has 4 unspecified atom stereocenters. The second-order valence-electron chi connectivity index (χ2n) is 7.56. The third-order valence-electron chi connectivity index (χ3n) is 5.65. The maximum atomic E-state index is 12.8. The molecule has 1 aromatic heterocycles. The molecule has 4 nitrogen and oxygen atoms in total. The Morgan fingerprint density at radius 1 is 1.28 bits per heavy atom. The highest BCUT2D eigenvalue weighted by molar-refractivity contribution is 7.29. The summed E-state index contributed by atoms with van der Waals surface area (Å²) in [5.41, 5.74) is 2.12. The zero-order valence-electron chi connectivity index (χ0n) is 16.1. The molecule has 1 saturated heterocycles. The maximum Gasteiger partial charge on any atom is 0.273 e. The Kier molecular flexibility index (Phi) is 6.56. The molecule has 7 heteroatoms. The van der Waals surface area contributed by atoms with Crippen LogP contribution in [-0.2, 0) is 13.2 Å². The highest BCUT2D eigenvalue weighted by Gasteiger charge is 2.28. The fourth-order valence-corrected chi connectivity index (χ4v) is 5.09. The van der Waals surface area contributed by atoms with Gasteiger partial charge in [-0.2, -0.15) is 0 Å². The van der Waals surface area contributed by atoms with Gasteiger partial charge in [-0.25, -0.2) is 0 Å². The standard InChI is InChI=1S/C22H25ClN2O2P2/c23-21-19(27-13-16-4-5-17(28)10-20(16)29)7-9-25(22(21)26)12-15-3-1-2-14-11-24-8-6-18(14)15/h1-5,7,9-10,14,18,24H,6,8,11-13,28-29H2. The molecule has 1 aliphatic carbocycles. The topological polar surface area (TPSA) is 43.3 Å². The van der Waals surface area contributed by atoms with Gasteiger partial charge >= 0.3 is 0 Å². The molecule has 2 heterocycles. The number of halogens is 1. The van der Waals surface area contributed by atoms with Crippen molar-refractivity contribution in [1.29, 1.82) is 0 Å². The van der Waals surface area contributed by atoms with Crippen molar-refractivity contribution < 1.29 is 4.74 Å². The van der Waals surface area contributed by atoms with Crippen LogP contribution in [0.1, 0.15) is 12.0 Å². The van der Waals surface area contributed by atoms with Crippen LogP contribution < -0.4 is 26.2 Å². The largest absolute Gasteiger partial charge is 0.487 e. The normalized spacial score (nSPS) is 20.9. The van der Waals surface area contributed by atoms with Gasteiger partial charge in [0.25, 0.3) is 5.56 Å². The zero-order valence-corrected chi connectivity index (χ0v) is 19.2. The minimum absolute atomic E-state index is 0.134. The Balaban J connectivity index is 1.49. The average Bonchev–Trinajstić information content (AvgIpc) is 2.72. The molecule has 1 aliphatic heterocycles. The fourth-order valence-electron chi connectivity index (χ4n) is 4.02. The molecule has 4 atom stereocenters. The smallest absolute Gasteiger partial charge is 0.273 e. The van der Waals surface area contributed by atoms with E-state index in [2.05, 4.69) is 42.0 Å². The van der Waals surface area contributed by atoms with E-state index in [9.17, 15) is 4.79 Å². The minimum Gasteiger partial charge on any atom is -0.487 e. The van der Waals surface area contributed by atoms with Gasteiger partial charge in [0.05, 0.1) is 0 Å². The molecule has 1 aromatic carbocycles. The molecule has 0 amide bonds. The highest BCUT2D eigenvalue weighted by atomic mass is 35.5. The van der Waals surface area contributed by atoms with E-state index in [0.29, 0.717) is 30.7 Å². The minimum atomic E-state index is -0.212. The van der Waals surface area contributed by atoms with Gasteiger partial charge in [0, 0.05) is 19.3 Å². The molecule has 2 aromatic rings. The molecule has 29 heavy (non-hydrogen) atoms. The van der Waals surface area contributed by atoms with Crippen LogP contribution in [0.25, 0.3) is 0 Å². The van der Waals surface area contributed by atoms with E-state index in [4.69, 9.17) is 16.3 Å². The maximum absolute atomic E-state index is 12.8. The summed E-state index contributed by atoms with van der Waals surface area (Å²) in [7, 11) is 5.39. The molecule has 0 spiro atoms. The summed E-state index contributed by atoms with van der Waals surface area (Å²) in [6, 6.07) is 7.86. The Labute approximate surface area is 180 Å². The van der Waals surface area contributed by atoms with Gasteiger partial charge in [-0.1, -0.05) is 42.0 Å². The quantitative estimate of drug-likeness (QED) is 0.718. The Morgan fingerprint density at radius 3 is 2.97 bits per heavy atom. The van der Waals surface area contributed by atoms with Gasteiger partial charge < -0.3 is 14.6 Å². The first kappa shape index (κ1) is 20.8. The molecular formula is C22H25ClN2O2P2. The number of pyridine rings is 1. The van der Waals surface area contributed by atoms with Gasteiger partial charge in [0.15, 0.2) is 0 Å². The van der Waals surface area contributed by atoms with Gasteiger partial charge in [0.2, 0.25) is 0 Å². The van der Waals surface area contributed by atoms with Gasteiger partial charge in [-0.3, -0.25) is 4.79 Å². The zero-order chi connectivity index (χ0) is 20.4. The van der Waals surface area contributed by atoms with Gasteiger partial charge in [0.1, 0.15) is 17.4 Å². The molecule has 0 bridgehead atoms. The summed E-state index contributed by atoms with van der Waals surface area (Å²) in [6.07, 6.45) is 9.39. The third-order valence-corrected chi connectivity index (χ3v) is 6.90. The molecule has 4 rings (SSSR count). The van der Waals surface area contributed by atoms with E-state index < -0.39 is 0 Å². The van der Waals surface area contributed by atoms with Gasteiger partial charge in [-0.15, -0.1) is 18.5 Å². The Hall–Kier alpha value is -1.44. The lowest BCUT2D eigenvalue weighted by molar-refractivity contribution is 0.305. The average molecular weight is 447 g/mol. The second kappa shape index (κ2) is 9.14. The van der Waals surface area contributed by atoms with Crippen molar-refractivity contribution >= 4 is 40.7 Å². The van der Waals surface area contributed by atoms with Crippen LogP contribution in [0.3, 0.4) is 0 Å². The van der Waals surface area contributed by atoms with Crippen molar-refractivity contribution in [3.8, 4) is 5.75 Å². The van der Waals surface area contributed by atoms with Crippen molar-refractivity contribution in [2.75, 3.05) is 13.1 Å². The molecule has 1 fully saturated rings. The lowest BCUT2D eigenvalue weighted by Crippen LogP contribution is -2.38. The van der Waals surface area contributed by atoms with Crippen LogP contribution in [0.2, 0.25) is 5.02 Å². The number of fused-ring (bicyclic) bond motifs is 1. The summed E-state index contributed by atoms with van der Waals surface area (Å²) in [6.45, 7) is 2.94. The van der Waals surface area contributed by atoms with E-state index in [1.165, 1.54) is 5.57 Å². The molecule has 1 N–H and O–H groups in total. The Morgan fingerprint density at radius 2 is 2.14 bits per heavy atom. The molecule has 0 saturated carbocycles. The highest BCUT2D eigenvalue weighted by Crippen LogP contribution is 2.32. The van der Waals surface area contributed by atoms with E-state index in [-0.39, 0.29) is 10.6 Å². The predicted molar refractivity (Wildman–Crippen MR) is 127 cm³/mol. The summed E-state index contributed by atoms with van der Waals surface area (Å²) < 4.78 is 7.54. The van der Waals surface area contributed by atoms with E-state index >= 15 is 0 Å².